The minimum atomic E-state index is -0.397. The Kier molecular flexibility index (Phi) is 5.96. The summed E-state index contributed by atoms with van der Waals surface area (Å²) in [5.74, 6) is 0.885. The Morgan fingerprint density at radius 3 is 2.25 bits per heavy atom. The van der Waals surface area contributed by atoms with Gasteiger partial charge in [0.2, 0.25) is 0 Å². The molecular formula is C24H29NO3. The molecule has 0 aromatic heterocycles. The third-order valence-electron chi connectivity index (χ3n) is 6.28. The molecule has 0 radical (unpaired) electrons. The van der Waals surface area contributed by atoms with Gasteiger partial charge >= 0.3 is 6.09 Å². The first-order valence-electron chi connectivity index (χ1n) is 10.5. The molecule has 1 atom stereocenters. The Hall–Kier alpha value is -2.33. The zero-order valence-corrected chi connectivity index (χ0v) is 16.3. The predicted octanol–water partition coefficient (Wildman–Crippen LogP) is 4.71. The molecule has 2 aromatic carbocycles. The lowest BCUT2D eigenvalue weighted by atomic mass is 9.94. The summed E-state index contributed by atoms with van der Waals surface area (Å²) in [5, 5.41) is 12.5. The molecule has 0 aliphatic heterocycles. The molecular weight excluding hydrogens is 350 g/mol. The van der Waals surface area contributed by atoms with Crippen LogP contribution in [0.5, 0.6) is 0 Å². The molecule has 2 N–H and O–H groups in total. The van der Waals surface area contributed by atoms with Crippen molar-refractivity contribution in [1.82, 2.24) is 5.32 Å². The summed E-state index contributed by atoms with van der Waals surface area (Å²) in [5.41, 5.74) is 4.88. The van der Waals surface area contributed by atoms with Gasteiger partial charge in [-0.15, -0.1) is 0 Å². The van der Waals surface area contributed by atoms with Crippen LogP contribution in [0.3, 0.4) is 0 Å². The Morgan fingerprint density at radius 2 is 1.64 bits per heavy atom. The lowest BCUT2D eigenvalue weighted by Gasteiger charge is -2.19. The minimum absolute atomic E-state index is 0.0743. The predicted molar refractivity (Wildman–Crippen MR) is 110 cm³/mol. The van der Waals surface area contributed by atoms with Gasteiger partial charge in [-0.25, -0.2) is 4.79 Å². The maximum atomic E-state index is 12.3. The van der Waals surface area contributed by atoms with E-state index in [9.17, 15) is 9.90 Å². The number of rotatable bonds is 7. The number of amides is 1. The summed E-state index contributed by atoms with van der Waals surface area (Å²) in [6, 6.07) is 16.6. The topological polar surface area (TPSA) is 58.6 Å². The Labute approximate surface area is 166 Å². The van der Waals surface area contributed by atoms with Crippen LogP contribution in [0.15, 0.2) is 48.5 Å². The van der Waals surface area contributed by atoms with Crippen molar-refractivity contribution in [3.05, 3.63) is 59.7 Å². The van der Waals surface area contributed by atoms with Gasteiger partial charge in [0.15, 0.2) is 0 Å². The van der Waals surface area contributed by atoms with Crippen molar-refractivity contribution in [2.75, 3.05) is 19.8 Å². The van der Waals surface area contributed by atoms with Crippen molar-refractivity contribution in [1.29, 1.82) is 0 Å². The average molecular weight is 380 g/mol. The van der Waals surface area contributed by atoms with E-state index in [1.165, 1.54) is 47.9 Å². The van der Waals surface area contributed by atoms with Gasteiger partial charge in [0.05, 0.1) is 0 Å². The number of hydrogen-bond acceptors (Lipinski definition) is 3. The maximum Gasteiger partial charge on any atom is 0.407 e. The summed E-state index contributed by atoms with van der Waals surface area (Å²) < 4.78 is 5.57. The zero-order chi connectivity index (χ0) is 19.3. The quantitative estimate of drug-likeness (QED) is 0.732. The lowest BCUT2D eigenvalue weighted by molar-refractivity contribution is 0.136. The smallest absolute Gasteiger partial charge is 0.407 e. The first-order valence-corrected chi connectivity index (χ1v) is 10.5. The van der Waals surface area contributed by atoms with Crippen molar-refractivity contribution in [3.8, 4) is 11.1 Å². The summed E-state index contributed by atoms with van der Waals surface area (Å²) in [6.45, 7) is 0.913. The first kappa shape index (κ1) is 19.0. The standard InChI is InChI=1S/C24H29NO3/c26-15-18(13-17-7-1-2-8-17)14-25-24(27)28-16-23-21-11-5-3-9-19(21)20-10-4-6-12-22(20)23/h3-6,9-12,17-18,23,26H,1-2,7-8,13-16H2,(H,25,27). The van der Waals surface area contributed by atoms with E-state index < -0.39 is 6.09 Å². The second kappa shape index (κ2) is 8.78. The van der Waals surface area contributed by atoms with Crippen LogP contribution >= 0.6 is 0 Å². The number of alkyl carbamates (subject to hydrolysis) is 1. The summed E-state index contributed by atoms with van der Waals surface area (Å²) in [6.07, 6.45) is 5.68. The van der Waals surface area contributed by atoms with Crippen molar-refractivity contribution in [3.63, 3.8) is 0 Å². The molecule has 4 heteroatoms. The second-order valence-corrected chi connectivity index (χ2v) is 8.14. The van der Waals surface area contributed by atoms with Gasteiger partial charge in [-0.05, 0) is 40.5 Å². The van der Waals surface area contributed by atoms with Crippen LogP contribution in [-0.2, 0) is 4.74 Å². The first-order chi connectivity index (χ1) is 13.8. The number of fused-ring (bicyclic) bond motifs is 3. The van der Waals surface area contributed by atoms with Gasteiger partial charge in [0.1, 0.15) is 6.61 Å². The van der Waals surface area contributed by atoms with Gasteiger partial charge in [-0.3, -0.25) is 0 Å². The van der Waals surface area contributed by atoms with Gasteiger partial charge < -0.3 is 15.2 Å². The summed E-state index contributed by atoms with van der Waals surface area (Å²) >= 11 is 0. The van der Waals surface area contributed by atoms with Crippen molar-refractivity contribution in [2.24, 2.45) is 11.8 Å². The number of carbonyl (C=O) groups is 1. The normalized spacial score (nSPS) is 17.2. The monoisotopic (exact) mass is 379 g/mol. The number of benzene rings is 2. The van der Waals surface area contributed by atoms with Gasteiger partial charge in [-0.1, -0.05) is 74.2 Å². The van der Waals surface area contributed by atoms with Crippen LogP contribution in [0.25, 0.3) is 11.1 Å². The average Bonchev–Trinajstić information content (AvgIpc) is 3.35. The van der Waals surface area contributed by atoms with E-state index in [0.29, 0.717) is 19.1 Å². The maximum absolute atomic E-state index is 12.3. The highest BCUT2D eigenvalue weighted by atomic mass is 16.5. The fraction of sp³-hybridized carbons (Fsp3) is 0.458. The van der Waals surface area contributed by atoms with E-state index in [1.807, 2.05) is 24.3 Å². The van der Waals surface area contributed by atoms with Gasteiger partial charge in [0.25, 0.3) is 0 Å². The summed E-state index contributed by atoms with van der Waals surface area (Å²) in [7, 11) is 0. The molecule has 0 spiro atoms. The zero-order valence-electron chi connectivity index (χ0n) is 16.3. The number of aliphatic hydroxyl groups excluding tert-OH is 1. The Bertz CT molecular complexity index is 768. The van der Waals surface area contributed by atoms with E-state index in [-0.39, 0.29) is 18.4 Å². The molecule has 0 saturated heterocycles. The molecule has 2 aliphatic rings. The van der Waals surface area contributed by atoms with Crippen LogP contribution in [0, 0.1) is 11.8 Å². The lowest BCUT2D eigenvalue weighted by Crippen LogP contribution is -2.32. The number of carbonyl (C=O) groups excluding carboxylic acids is 1. The molecule has 1 fully saturated rings. The third kappa shape index (κ3) is 4.07. The number of hydrogen-bond donors (Lipinski definition) is 2. The molecule has 2 aliphatic carbocycles. The van der Waals surface area contributed by atoms with E-state index in [0.717, 1.165) is 6.42 Å². The van der Waals surface area contributed by atoms with Crippen molar-refractivity contribution in [2.45, 2.75) is 38.0 Å². The molecule has 28 heavy (non-hydrogen) atoms. The highest BCUT2D eigenvalue weighted by Gasteiger charge is 2.29. The SMILES string of the molecule is O=C(NCC(CO)CC1CCCC1)OCC1c2ccccc2-c2ccccc21. The van der Waals surface area contributed by atoms with E-state index >= 15 is 0 Å². The molecule has 2 aromatic rings. The second-order valence-electron chi connectivity index (χ2n) is 8.14. The van der Waals surface area contributed by atoms with E-state index in [2.05, 4.69) is 29.6 Å². The number of nitrogens with one attached hydrogen (secondary N) is 1. The summed E-state index contributed by atoms with van der Waals surface area (Å²) in [4.78, 5) is 12.3. The Morgan fingerprint density at radius 1 is 1.04 bits per heavy atom. The largest absolute Gasteiger partial charge is 0.449 e. The molecule has 1 amide bonds. The number of aliphatic hydroxyl groups is 1. The van der Waals surface area contributed by atoms with Crippen LogP contribution in [0.1, 0.15) is 49.1 Å². The Balaban J connectivity index is 1.32. The molecule has 0 heterocycles. The fourth-order valence-electron chi connectivity index (χ4n) is 4.82. The van der Waals surface area contributed by atoms with Crippen molar-refractivity contribution >= 4 is 6.09 Å². The van der Waals surface area contributed by atoms with E-state index in [1.54, 1.807) is 0 Å². The molecule has 1 unspecified atom stereocenters. The molecule has 148 valence electrons. The number of ether oxygens (including phenoxy) is 1. The van der Waals surface area contributed by atoms with Crippen LogP contribution in [0.4, 0.5) is 4.79 Å². The highest BCUT2D eigenvalue weighted by Crippen LogP contribution is 2.44. The highest BCUT2D eigenvalue weighted by molar-refractivity contribution is 5.79. The van der Waals surface area contributed by atoms with Crippen LogP contribution < -0.4 is 5.32 Å². The molecule has 0 bridgehead atoms. The van der Waals surface area contributed by atoms with Gasteiger partial charge in [0, 0.05) is 19.1 Å². The van der Waals surface area contributed by atoms with Crippen LogP contribution in [0.2, 0.25) is 0 Å². The van der Waals surface area contributed by atoms with Crippen LogP contribution in [-0.4, -0.2) is 31.0 Å². The van der Waals surface area contributed by atoms with E-state index in [4.69, 9.17) is 4.74 Å². The van der Waals surface area contributed by atoms with Crippen molar-refractivity contribution < 1.29 is 14.6 Å². The minimum Gasteiger partial charge on any atom is -0.449 e. The fourth-order valence-corrected chi connectivity index (χ4v) is 4.82. The molecule has 4 rings (SSSR count). The third-order valence-corrected chi connectivity index (χ3v) is 6.28. The van der Waals surface area contributed by atoms with Gasteiger partial charge in [-0.2, -0.15) is 0 Å². The molecule has 4 nitrogen and oxygen atoms in total. The molecule has 1 saturated carbocycles.